The molecule has 2 heterocycles. The first-order valence-electron chi connectivity index (χ1n) is 9.79. The molecule has 1 aromatic heterocycles. The van der Waals surface area contributed by atoms with E-state index >= 15 is 0 Å². The predicted octanol–water partition coefficient (Wildman–Crippen LogP) is 3.77. The van der Waals surface area contributed by atoms with Gasteiger partial charge in [0.05, 0.1) is 12.4 Å². The fourth-order valence-corrected chi connectivity index (χ4v) is 3.97. The van der Waals surface area contributed by atoms with Gasteiger partial charge < -0.3 is 10.2 Å². The average molecular weight is 444 g/mol. The standard InChI is InChI=1S/C20H18F6N4O/c21-10-7-28-20(29-8-10)27-6-9-1-3-30(4-2-9)19(31)12-5-11(12)13-14(22)16(24)18(26)17(25)15(13)23/h7-9,11-12H,1-6H2,(H,27,28,29). The molecule has 2 aromatic rings. The number of benzene rings is 1. The molecule has 1 saturated carbocycles. The summed E-state index contributed by atoms with van der Waals surface area (Å²) in [5.74, 6) is -12.1. The van der Waals surface area contributed by atoms with Crippen LogP contribution in [0.1, 0.15) is 30.7 Å². The van der Waals surface area contributed by atoms with E-state index in [1.807, 2.05) is 0 Å². The fourth-order valence-electron chi connectivity index (χ4n) is 3.97. The minimum atomic E-state index is -2.20. The Morgan fingerprint density at radius 1 is 0.935 bits per heavy atom. The van der Waals surface area contributed by atoms with Crippen molar-refractivity contribution >= 4 is 11.9 Å². The summed E-state index contributed by atoms with van der Waals surface area (Å²) in [5, 5.41) is 3.00. The highest BCUT2D eigenvalue weighted by Gasteiger charge is 2.50. The number of carbonyl (C=O) groups is 1. The molecule has 1 aliphatic heterocycles. The molecule has 31 heavy (non-hydrogen) atoms. The number of anilines is 1. The van der Waals surface area contributed by atoms with Crippen molar-refractivity contribution in [1.29, 1.82) is 0 Å². The first-order chi connectivity index (χ1) is 14.8. The lowest BCUT2D eigenvalue weighted by molar-refractivity contribution is -0.134. The molecule has 11 heteroatoms. The molecule has 2 unspecified atom stereocenters. The number of rotatable bonds is 5. The first-order valence-corrected chi connectivity index (χ1v) is 9.79. The van der Waals surface area contributed by atoms with Gasteiger partial charge in [0.25, 0.3) is 0 Å². The maximum Gasteiger partial charge on any atom is 0.226 e. The Bertz CT molecular complexity index is 965. The van der Waals surface area contributed by atoms with E-state index < -0.39 is 52.3 Å². The van der Waals surface area contributed by atoms with Crippen LogP contribution in [0.25, 0.3) is 0 Å². The quantitative estimate of drug-likeness (QED) is 0.434. The number of halogens is 6. The van der Waals surface area contributed by atoms with Crippen LogP contribution in [0.3, 0.4) is 0 Å². The zero-order chi connectivity index (χ0) is 22.3. The third kappa shape index (κ3) is 4.17. The summed E-state index contributed by atoms with van der Waals surface area (Å²) in [6, 6.07) is 0. The molecule has 1 aromatic carbocycles. The van der Waals surface area contributed by atoms with Crippen LogP contribution < -0.4 is 5.32 Å². The second kappa shape index (κ2) is 8.35. The molecular weight excluding hydrogens is 426 g/mol. The number of likely N-dealkylation sites (tertiary alicyclic amines) is 1. The molecular formula is C20H18F6N4O. The van der Waals surface area contributed by atoms with Crippen LogP contribution in [-0.4, -0.2) is 40.4 Å². The molecule has 2 atom stereocenters. The summed E-state index contributed by atoms with van der Waals surface area (Å²) in [4.78, 5) is 21.8. The van der Waals surface area contributed by atoms with Gasteiger partial charge in [0.2, 0.25) is 17.7 Å². The SMILES string of the molecule is O=C(C1CC1c1c(F)c(F)c(F)c(F)c1F)N1CCC(CNc2ncc(F)cn2)CC1. The summed E-state index contributed by atoms with van der Waals surface area (Å²) in [7, 11) is 0. The zero-order valence-corrected chi connectivity index (χ0v) is 16.1. The molecule has 0 bridgehead atoms. The van der Waals surface area contributed by atoms with Crippen LogP contribution in [0.5, 0.6) is 0 Å². The molecule has 2 fully saturated rings. The number of hydrogen-bond donors (Lipinski definition) is 1. The number of aromatic nitrogens is 2. The van der Waals surface area contributed by atoms with E-state index in [2.05, 4.69) is 15.3 Å². The van der Waals surface area contributed by atoms with Crippen molar-refractivity contribution in [2.75, 3.05) is 25.0 Å². The number of amides is 1. The summed E-state index contributed by atoms with van der Waals surface area (Å²) in [5.41, 5.74) is -0.909. The Labute approximate surface area is 173 Å². The van der Waals surface area contributed by atoms with Gasteiger partial charge in [0.1, 0.15) is 0 Å². The van der Waals surface area contributed by atoms with Gasteiger partial charge in [-0.3, -0.25) is 4.79 Å². The fraction of sp³-hybridized carbons (Fsp3) is 0.450. The molecule has 0 spiro atoms. The largest absolute Gasteiger partial charge is 0.354 e. The normalized spacial score (nSPS) is 21.3. The van der Waals surface area contributed by atoms with E-state index in [1.54, 1.807) is 4.90 Å². The molecule has 1 N–H and O–H groups in total. The van der Waals surface area contributed by atoms with Gasteiger partial charge in [0.15, 0.2) is 29.1 Å². The maximum absolute atomic E-state index is 14.0. The summed E-state index contributed by atoms with van der Waals surface area (Å²) in [6.45, 7) is 1.36. The Morgan fingerprint density at radius 2 is 1.48 bits per heavy atom. The minimum Gasteiger partial charge on any atom is -0.354 e. The van der Waals surface area contributed by atoms with Crippen molar-refractivity contribution in [3.05, 3.63) is 52.9 Å². The average Bonchev–Trinajstić information content (AvgIpc) is 3.56. The second-order valence-electron chi connectivity index (χ2n) is 7.81. The van der Waals surface area contributed by atoms with Gasteiger partial charge in [-0.15, -0.1) is 0 Å². The van der Waals surface area contributed by atoms with E-state index in [9.17, 15) is 31.1 Å². The highest BCUT2D eigenvalue weighted by Crippen LogP contribution is 2.51. The minimum absolute atomic E-state index is 0.0422. The van der Waals surface area contributed by atoms with Crippen molar-refractivity contribution in [2.45, 2.75) is 25.2 Å². The number of nitrogens with one attached hydrogen (secondary N) is 1. The van der Waals surface area contributed by atoms with Crippen molar-refractivity contribution < 1.29 is 31.1 Å². The molecule has 1 saturated heterocycles. The van der Waals surface area contributed by atoms with E-state index in [0.717, 1.165) is 12.4 Å². The van der Waals surface area contributed by atoms with Crippen molar-refractivity contribution in [1.82, 2.24) is 14.9 Å². The number of piperidine rings is 1. The van der Waals surface area contributed by atoms with Crippen LogP contribution >= 0.6 is 0 Å². The Morgan fingerprint density at radius 3 is 2.06 bits per heavy atom. The monoisotopic (exact) mass is 444 g/mol. The van der Waals surface area contributed by atoms with Crippen molar-refractivity contribution in [2.24, 2.45) is 11.8 Å². The molecule has 4 rings (SSSR count). The topological polar surface area (TPSA) is 58.1 Å². The van der Waals surface area contributed by atoms with Crippen LogP contribution in [0.4, 0.5) is 32.3 Å². The molecule has 166 valence electrons. The Kier molecular flexibility index (Phi) is 5.76. The zero-order valence-electron chi connectivity index (χ0n) is 16.1. The molecule has 5 nitrogen and oxygen atoms in total. The highest BCUT2D eigenvalue weighted by molar-refractivity contribution is 5.83. The second-order valence-corrected chi connectivity index (χ2v) is 7.81. The van der Waals surface area contributed by atoms with Gasteiger partial charge in [-0.1, -0.05) is 0 Å². The van der Waals surface area contributed by atoms with Gasteiger partial charge >= 0.3 is 0 Å². The van der Waals surface area contributed by atoms with E-state index in [4.69, 9.17) is 0 Å². The predicted molar refractivity (Wildman–Crippen MR) is 96.9 cm³/mol. The van der Waals surface area contributed by atoms with E-state index in [-0.39, 0.29) is 18.2 Å². The number of nitrogens with zero attached hydrogens (tertiary/aromatic N) is 3. The van der Waals surface area contributed by atoms with Gasteiger partial charge in [0, 0.05) is 37.0 Å². The third-order valence-electron chi connectivity index (χ3n) is 5.82. The Balaban J connectivity index is 1.32. The van der Waals surface area contributed by atoms with Crippen LogP contribution in [0.15, 0.2) is 12.4 Å². The smallest absolute Gasteiger partial charge is 0.226 e. The van der Waals surface area contributed by atoms with E-state index in [0.29, 0.717) is 38.4 Å². The summed E-state index contributed by atoms with van der Waals surface area (Å²) >= 11 is 0. The molecule has 1 aliphatic carbocycles. The molecule has 0 radical (unpaired) electrons. The van der Waals surface area contributed by atoms with Crippen molar-refractivity contribution in [3.63, 3.8) is 0 Å². The summed E-state index contributed by atoms with van der Waals surface area (Å²) in [6.07, 6.45) is 3.45. The lowest BCUT2D eigenvalue weighted by Crippen LogP contribution is -2.41. The van der Waals surface area contributed by atoms with Gasteiger partial charge in [-0.05, 0) is 25.2 Å². The molecule has 2 aliphatic rings. The van der Waals surface area contributed by atoms with Crippen LogP contribution in [-0.2, 0) is 4.79 Å². The lowest BCUT2D eigenvalue weighted by atomic mass is 9.96. The lowest BCUT2D eigenvalue weighted by Gasteiger charge is -2.32. The third-order valence-corrected chi connectivity index (χ3v) is 5.82. The van der Waals surface area contributed by atoms with Crippen LogP contribution in [0, 0.1) is 46.7 Å². The summed E-state index contributed by atoms with van der Waals surface area (Å²) < 4.78 is 80.9. The molecule has 1 amide bonds. The number of hydrogen-bond acceptors (Lipinski definition) is 4. The van der Waals surface area contributed by atoms with Gasteiger partial charge in [-0.25, -0.2) is 36.3 Å². The van der Waals surface area contributed by atoms with Crippen LogP contribution in [0.2, 0.25) is 0 Å². The Hall–Kier alpha value is -2.85. The van der Waals surface area contributed by atoms with E-state index in [1.165, 1.54) is 0 Å². The van der Waals surface area contributed by atoms with Gasteiger partial charge in [-0.2, -0.15) is 0 Å². The highest BCUT2D eigenvalue weighted by atomic mass is 19.2. The maximum atomic E-state index is 14.0. The van der Waals surface area contributed by atoms with Crippen molar-refractivity contribution in [3.8, 4) is 0 Å². The number of carbonyl (C=O) groups excluding carboxylic acids is 1. The first kappa shape index (κ1) is 21.4.